The second-order valence-corrected chi connectivity index (χ2v) is 12.8. The van der Waals surface area contributed by atoms with Gasteiger partial charge in [0.1, 0.15) is 18.3 Å². The highest BCUT2D eigenvalue weighted by molar-refractivity contribution is 7.92. The lowest BCUT2D eigenvalue weighted by Crippen LogP contribution is -2.54. The molecule has 226 valence electrons. The summed E-state index contributed by atoms with van der Waals surface area (Å²) in [6, 6.07) is 23.0. The summed E-state index contributed by atoms with van der Waals surface area (Å²) in [5, 5.41) is 3.04. The van der Waals surface area contributed by atoms with Gasteiger partial charge in [0.25, 0.3) is 0 Å². The first-order chi connectivity index (χ1) is 19.9. The fourth-order valence-electron chi connectivity index (χ4n) is 4.60. The Morgan fingerprint density at radius 1 is 0.905 bits per heavy atom. The molecule has 0 saturated heterocycles. The number of methoxy groups -OCH3 is 1. The van der Waals surface area contributed by atoms with Crippen molar-refractivity contribution in [3.8, 4) is 5.75 Å². The van der Waals surface area contributed by atoms with Crippen LogP contribution in [0.1, 0.15) is 56.7 Å². The number of hydrogen-bond acceptors (Lipinski definition) is 5. The van der Waals surface area contributed by atoms with Gasteiger partial charge >= 0.3 is 0 Å². The molecule has 0 radical (unpaired) electrons. The van der Waals surface area contributed by atoms with Crippen LogP contribution >= 0.6 is 0 Å². The van der Waals surface area contributed by atoms with E-state index in [2.05, 4.69) is 19.2 Å². The highest BCUT2D eigenvalue weighted by Crippen LogP contribution is 2.24. The number of nitrogens with zero attached hydrogens (tertiary/aromatic N) is 2. The van der Waals surface area contributed by atoms with Gasteiger partial charge in [-0.05, 0) is 60.2 Å². The van der Waals surface area contributed by atoms with Crippen LogP contribution in [0.25, 0.3) is 0 Å². The predicted octanol–water partition coefficient (Wildman–Crippen LogP) is 5.14. The van der Waals surface area contributed by atoms with Crippen LogP contribution in [0.4, 0.5) is 5.69 Å². The van der Waals surface area contributed by atoms with E-state index in [0.29, 0.717) is 11.4 Å². The minimum atomic E-state index is -3.83. The molecule has 1 N–H and O–H groups in total. The van der Waals surface area contributed by atoms with E-state index < -0.39 is 28.5 Å². The molecule has 0 aliphatic carbocycles. The Morgan fingerprint density at radius 2 is 1.55 bits per heavy atom. The van der Waals surface area contributed by atoms with Crippen LogP contribution in [-0.2, 0) is 32.6 Å². The molecular weight excluding hydrogens is 550 g/mol. The van der Waals surface area contributed by atoms with Crippen LogP contribution in [-0.4, -0.2) is 57.1 Å². The number of ether oxygens (including phenoxy) is 1. The molecule has 2 atom stereocenters. The van der Waals surface area contributed by atoms with Crippen molar-refractivity contribution >= 4 is 27.5 Å². The zero-order valence-corrected chi connectivity index (χ0v) is 26.2. The fraction of sp³-hybridized carbons (Fsp3) is 0.394. The van der Waals surface area contributed by atoms with E-state index in [9.17, 15) is 18.0 Å². The van der Waals surface area contributed by atoms with E-state index in [1.807, 2.05) is 74.5 Å². The molecule has 0 aromatic heterocycles. The second kappa shape index (κ2) is 14.9. The van der Waals surface area contributed by atoms with Crippen LogP contribution in [0.5, 0.6) is 5.75 Å². The summed E-state index contributed by atoms with van der Waals surface area (Å²) in [5.74, 6) is 0.105. The topological polar surface area (TPSA) is 96.0 Å². The van der Waals surface area contributed by atoms with Gasteiger partial charge < -0.3 is 15.0 Å². The maximum absolute atomic E-state index is 14.2. The van der Waals surface area contributed by atoms with E-state index in [0.717, 1.165) is 33.7 Å². The van der Waals surface area contributed by atoms with Gasteiger partial charge in [-0.25, -0.2) is 8.42 Å². The first-order valence-corrected chi connectivity index (χ1v) is 16.1. The average Bonchev–Trinajstić information content (AvgIpc) is 2.97. The van der Waals surface area contributed by atoms with E-state index in [1.54, 1.807) is 25.3 Å². The second-order valence-electron chi connectivity index (χ2n) is 10.9. The number of anilines is 1. The number of sulfonamides is 1. The van der Waals surface area contributed by atoms with E-state index >= 15 is 0 Å². The van der Waals surface area contributed by atoms with Crippen molar-refractivity contribution in [3.05, 3.63) is 95.6 Å². The molecule has 0 aliphatic heterocycles. The van der Waals surface area contributed by atoms with Crippen molar-refractivity contribution in [2.24, 2.45) is 0 Å². The number of carbonyl (C=O) groups excluding carboxylic acids is 2. The van der Waals surface area contributed by atoms with Crippen LogP contribution in [0.15, 0.2) is 78.9 Å². The highest BCUT2D eigenvalue weighted by atomic mass is 32.2. The zero-order valence-electron chi connectivity index (χ0n) is 25.4. The molecular formula is C33H43N3O5S. The van der Waals surface area contributed by atoms with Gasteiger partial charge in [-0.15, -0.1) is 0 Å². The van der Waals surface area contributed by atoms with Crippen LogP contribution in [0, 0.1) is 0 Å². The molecule has 0 bridgehead atoms. The number of benzene rings is 3. The molecule has 0 fully saturated rings. The molecule has 9 heteroatoms. The van der Waals surface area contributed by atoms with Gasteiger partial charge in [-0.1, -0.05) is 75.4 Å². The molecule has 0 heterocycles. The Hall–Kier alpha value is -3.85. The maximum Gasteiger partial charge on any atom is 0.244 e. The van der Waals surface area contributed by atoms with Crippen molar-refractivity contribution in [2.45, 2.75) is 65.1 Å². The molecule has 3 aromatic rings. The lowest BCUT2D eigenvalue weighted by molar-refractivity contribution is -0.140. The summed E-state index contributed by atoms with van der Waals surface area (Å²) < 4.78 is 32.5. The summed E-state index contributed by atoms with van der Waals surface area (Å²) in [7, 11) is -2.26. The summed E-state index contributed by atoms with van der Waals surface area (Å²) in [6.45, 7) is 7.64. The standard InChI is InChI=1S/C33H43N3O5S/c1-7-25(4)34-33(38)31(21-26-12-9-8-10-13-26)35(22-27-14-11-15-30(20-27)41-5)32(37)23-36(42(6,39)40)29-18-16-28(17-19-29)24(2)3/h8-20,24-25,31H,7,21-23H2,1-6H3,(H,34,38). The number of nitrogens with one attached hydrogen (secondary N) is 1. The minimum Gasteiger partial charge on any atom is -0.497 e. The van der Waals surface area contributed by atoms with Crippen molar-refractivity contribution in [3.63, 3.8) is 0 Å². The Labute approximate surface area is 250 Å². The van der Waals surface area contributed by atoms with Crippen LogP contribution in [0.3, 0.4) is 0 Å². The van der Waals surface area contributed by atoms with Gasteiger partial charge in [-0.3, -0.25) is 13.9 Å². The predicted molar refractivity (Wildman–Crippen MR) is 168 cm³/mol. The zero-order chi connectivity index (χ0) is 30.9. The Morgan fingerprint density at radius 3 is 2.12 bits per heavy atom. The quantitative estimate of drug-likeness (QED) is 0.279. The number of carbonyl (C=O) groups is 2. The van der Waals surface area contributed by atoms with Gasteiger partial charge in [0, 0.05) is 19.0 Å². The first kappa shape index (κ1) is 32.7. The molecule has 8 nitrogen and oxygen atoms in total. The maximum atomic E-state index is 14.2. The summed E-state index contributed by atoms with van der Waals surface area (Å²) in [6.07, 6.45) is 2.07. The SMILES string of the molecule is CCC(C)NC(=O)C(Cc1ccccc1)N(Cc1cccc(OC)c1)C(=O)CN(c1ccc(C(C)C)cc1)S(C)(=O)=O. The molecule has 2 unspecified atom stereocenters. The van der Waals surface area contributed by atoms with Crippen molar-refractivity contribution in [1.29, 1.82) is 0 Å². The minimum absolute atomic E-state index is 0.0886. The largest absolute Gasteiger partial charge is 0.497 e. The van der Waals surface area contributed by atoms with Gasteiger partial charge in [0.2, 0.25) is 21.8 Å². The summed E-state index contributed by atoms with van der Waals surface area (Å²) in [5.41, 5.74) is 3.09. The summed E-state index contributed by atoms with van der Waals surface area (Å²) in [4.78, 5) is 29.5. The fourth-order valence-corrected chi connectivity index (χ4v) is 5.45. The first-order valence-electron chi connectivity index (χ1n) is 14.3. The van der Waals surface area contributed by atoms with Crippen LogP contribution in [0.2, 0.25) is 0 Å². The van der Waals surface area contributed by atoms with Crippen molar-refractivity contribution in [2.75, 3.05) is 24.2 Å². The molecule has 0 saturated carbocycles. The van der Waals surface area contributed by atoms with Gasteiger partial charge in [0.15, 0.2) is 0 Å². The molecule has 3 rings (SSSR count). The lowest BCUT2D eigenvalue weighted by Gasteiger charge is -2.34. The lowest BCUT2D eigenvalue weighted by atomic mass is 10.0. The van der Waals surface area contributed by atoms with Crippen molar-refractivity contribution < 1.29 is 22.7 Å². The van der Waals surface area contributed by atoms with Gasteiger partial charge in [0.05, 0.1) is 19.1 Å². The molecule has 2 amide bonds. The third-order valence-corrected chi connectivity index (χ3v) is 8.43. The number of amides is 2. The van der Waals surface area contributed by atoms with Crippen molar-refractivity contribution in [1.82, 2.24) is 10.2 Å². The normalized spacial score (nSPS) is 12.8. The highest BCUT2D eigenvalue weighted by Gasteiger charge is 2.33. The van der Waals surface area contributed by atoms with E-state index in [1.165, 1.54) is 4.90 Å². The Balaban J connectivity index is 2.06. The molecule has 3 aromatic carbocycles. The monoisotopic (exact) mass is 593 g/mol. The van der Waals surface area contributed by atoms with E-state index in [-0.39, 0.29) is 30.8 Å². The van der Waals surface area contributed by atoms with Crippen LogP contribution < -0.4 is 14.4 Å². The third kappa shape index (κ3) is 9.08. The average molecular weight is 594 g/mol. The molecule has 42 heavy (non-hydrogen) atoms. The Bertz CT molecular complexity index is 1430. The Kier molecular flexibility index (Phi) is 11.6. The third-order valence-electron chi connectivity index (χ3n) is 7.29. The molecule has 0 aliphatic rings. The van der Waals surface area contributed by atoms with E-state index in [4.69, 9.17) is 4.74 Å². The number of rotatable bonds is 14. The molecule has 0 spiro atoms. The number of hydrogen-bond donors (Lipinski definition) is 1. The van der Waals surface area contributed by atoms with Gasteiger partial charge in [-0.2, -0.15) is 0 Å². The smallest absolute Gasteiger partial charge is 0.244 e. The summed E-state index contributed by atoms with van der Waals surface area (Å²) >= 11 is 0.